The summed E-state index contributed by atoms with van der Waals surface area (Å²) in [5.41, 5.74) is 1.35. The summed E-state index contributed by atoms with van der Waals surface area (Å²) in [7, 11) is 0. The fraction of sp³-hybridized carbons (Fsp3) is 0.478. The van der Waals surface area contributed by atoms with Crippen LogP contribution in [-0.2, 0) is 16.1 Å². The number of carbonyl (C=O) groups excluding carboxylic acids is 1. The molecule has 0 bridgehead atoms. The van der Waals surface area contributed by atoms with E-state index < -0.39 is 0 Å². The number of piperidine rings is 1. The van der Waals surface area contributed by atoms with Crippen molar-refractivity contribution < 1.29 is 14.3 Å². The minimum absolute atomic E-state index is 0.0606. The fourth-order valence-electron chi connectivity index (χ4n) is 4.25. The molecule has 1 aromatic heterocycles. The number of ether oxygens (including phenoxy) is 2. The number of carbonyl (C=O) groups is 1. The molecule has 1 amide bonds. The van der Waals surface area contributed by atoms with Crippen molar-refractivity contribution in [1.82, 2.24) is 14.8 Å². The molecule has 154 valence electrons. The molecule has 1 spiro atoms. The van der Waals surface area contributed by atoms with Crippen LogP contribution in [-0.4, -0.2) is 66.7 Å². The lowest BCUT2D eigenvalue weighted by molar-refractivity contribution is -0.136. The zero-order chi connectivity index (χ0) is 19.9. The predicted octanol–water partition coefficient (Wildman–Crippen LogP) is 2.60. The van der Waals surface area contributed by atoms with Crippen LogP contribution in [0.2, 0.25) is 0 Å². The maximum absolute atomic E-state index is 12.6. The number of rotatable bonds is 5. The fourth-order valence-corrected chi connectivity index (χ4v) is 4.25. The lowest BCUT2D eigenvalue weighted by Gasteiger charge is -2.42. The van der Waals surface area contributed by atoms with Gasteiger partial charge >= 0.3 is 0 Å². The highest BCUT2D eigenvalue weighted by atomic mass is 16.5. The Balaban J connectivity index is 1.30. The van der Waals surface area contributed by atoms with Gasteiger partial charge in [-0.1, -0.05) is 24.3 Å². The van der Waals surface area contributed by atoms with Crippen molar-refractivity contribution in [2.24, 2.45) is 5.41 Å². The van der Waals surface area contributed by atoms with Crippen LogP contribution in [0.4, 0.5) is 0 Å². The van der Waals surface area contributed by atoms with Gasteiger partial charge in [-0.3, -0.25) is 14.7 Å². The van der Waals surface area contributed by atoms with Gasteiger partial charge in [0.05, 0.1) is 13.2 Å². The molecular weight excluding hydrogens is 366 g/mol. The molecule has 29 heavy (non-hydrogen) atoms. The van der Waals surface area contributed by atoms with Gasteiger partial charge < -0.3 is 14.4 Å². The maximum atomic E-state index is 12.6. The van der Waals surface area contributed by atoms with Crippen LogP contribution in [0.25, 0.3) is 0 Å². The number of amides is 1. The normalized spacial score (nSPS) is 19.7. The van der Waals surface area contributed by atoms with Crippen molar-refractivity contribution in [2.45, 2.75) is 19.4 Å². The Bertz CT molecular complexity index is 776. The highest BCUT2D eigenvalue weighted by Gasteiger charge is 2.39. The molecule has 2 aliphatic heterocycles. The Morgan fingerprint density at radius 2 is 1.93 bits per heavy atom. The number of nitrogens with zero attached hydrogens (tertiary/aromatic N) is 3. The predicted molar refractivity (Wildman–Crippen MR) is 111 cm³/mol. The topological polar surface area (TPSA) is 54.9 Å². The van der Waals surface area contributed by atoms with Crippen LogP contribution >= 0.6 is 0 Å². The first-order chi connectivity index (χ1) is 14.2. The van der Waals surface area contributed by atoms with Gasteiger partial charge in [0.1, 0.15) is 5.75 Å². The first kappa shape index (κ1) is 19.9. The summed E-state index contributed by atoms with van der Waals surface area (Å²) >= 11 is 0. The van der Waals surface area contributed by atoms with Crippen molar-refractivity contribution in [2.75, 3.05) is 46.0 Å². The van der Waals surface area contributed by atoms with Crippen molar-refractivity contribution in [3.05, 3.63) is 60.4 Å². The number of para-hydroxylation sites is 1. The molecule has 2 aromatic rings. The lowest BCUT2D eigenvalue weighted by atomic mass is 9.78. The molecule has 2 aliphatic rings. The third-order valence-corrected chi connectivity index (χ3v) is 5.93. The summed E-state index contributed by atoms with van der Waals surface area (Å²) < 4.78 is 11.6. The molecule has 2 saturated heterocycles. The monoisotopic (exact) mass is 395 g/mol. The van der Waals surface area contributed by atoms with Gasteiger partial charge in [0.15, 0.2) is 6.61 Å². The Kier molecular flexibility index (Phi) is 6.42. The number of benzene rings is 1. The first-order valence-electron chi connectivity index (χ1n) is 10.4. The highest BCUT2D eigenvalue weighted by Crippen LogP contribution is 2.34. The van der Waals surface area contributed by atoms with Crippen molar-refractivity contribution in [3.8, 4) is 5.75 Å². The Labute approximate surface area is 172 Å². The van der Waals surface area contributed by atoms with Gasteiger partial charge in [-0.25, -0.2) is 0 Å². The second-order valence-corrected chi connectivity index (χ2v) is 8.11. The Hall–Kier alpha value is -2.44. The van der Waals surface area contributed by atoms with Gasteiger partial charge in [0, 0.05) is 50.5 Å². The maximum Gasteiger partial charge on any atom is 0.260 e. The minimum Gasteiger partial charge on any atom is -0.484 e. The van der Waals surface area contributed by atoms with Crippen LogP contribution in [0.3, 0.4) is 0 Å². The molecule has 2 fully saturated rings. The van der Waals surface area contributed by atoms with Crippen LogP contribution < -0.4 is 4.74 Å². The van der Waals surface area contributed by atoms with E-state index in [0.29, 0.717) is 0 Å². The molecule has 0 radical (unpaired) electrons. The van der Waals surface area contributed by atoms with E-state index in [1.165, 1.54) is 5.56 Å². The van der Waals surface area contributed by atoms with Gasteiger partial charge in [0.25, 0.3) is 5.91 Å². The second-order valence-electron chi connectivity index (χ2n) is 8.11. The molecule has 0 atom stereocenters. The zero-order valence-corrected chi connectivity index (χ0v) is 16.8. The summed E-state index contributed by atoms with van der Waals surface area (Å²) in [6.45, 7) is 6.00. The van der Waals surface area contributed by atoms with Crippen LogP contribution in [0, 0.1) is 5.41 Å². The van der Waals surface area contributed by atoms with Crippen LogP contribution in [0.1, 0.15) is 18.4 Å². The molecule has 1 aromatic carbocycles. The van der Waals surface area contributed by atoms with Crippen molar-refractivity contribution in [3.63, 3.8) is 0 Å². The van der Waals surface area contributed by atoms with E-state index in [9.17, 15) is 4.79 Å². The van der Waals surface area contributed by atoms with Gasteiger partial charge in [-0.15, -0.1) is 0 Å². The SMILES string of the molecule is O=C(COc1ccccc1)N1CCC2(CC1)COCCN(Cc1cccnc1)C2. The van der Waals surface area contributed by atoms with E-state index in [4.69, 9.17) is 9.47 Å². The Morgan fingerprint density at radius 1 is 1.10 bits per heavy atom. The number of hydrogen-bond donors (Lipinski definition) is 0. The van der Waals surface area contributed by atoms with E-state index in [1.54, 1.807) is 0 Å². The summed E-state index contributed by atoms with van der Waals surface area (Å²) in [5, 5.41) is 0. The lowest BCUT2D eigenvalue weighted by Crippen LogP contribution is -2.49. The average molecular weight is 396 g/mol. The average Bonchev–Trinajstić information content (AvgIpc) is 2.96. The van der Waals surface area contributed by atoms with Gasteiger partial charge in [-0.2, -0.15) is 0 Å². The van der Waals surface area contributed by atoms with Crippen LogP contribution in [0.15, 0.2) is 54.9 Å². The van der Waals surface area contributed by atoms with E-state index >= 15 is 0 Å². The molecule has 6 heteroatoms. The minimum atomic E-state index is 0.0606. The van der Waals surface area contributed by atoms with Crippen LogP contribution in [0.5, 0.6) is 5.75 Å². The van der Waals surface area contributed by atoms with E-state index in [0.717, 1.165) is 64.5 Å². The number of hydrogen-bond acceptors (Lipinski definition) is 5. The summed E-state index contributed by atoms with van der Waals surface area (Å²) in [6, 6.07) is 13.6. The molecule has 0 aliphatic carbocycles. The molecule has 0 saturated carbocycles. The van der Waals surface area contributed by atoms with Gasteiger partial charge in [0.2, 0.25) is 0 Å². The van der Waals surface area contributed by atoms with E-state index in [2.05, 4.69) is 16.0 Å². The number of likely N-dealkylation sites (tertiary alicyclic amines) is 1. The van der Waals surface area contributed by atoms with Crippen molar-refractivity contribution >= 4 is 5.91 Å². The molecule has 3 heterocycles. The second kappa shape index (κ2) is 9.37. The third kappa shape index (κ3) is 5.34. The summed E-state index contributed by atoms with van der Waals surface area (Å²) in [4.78, 5) is 21.2. The summed E-state index contributed by atoms with van der Waals surface area (Å²) in [5.74, 6) is 0.794. The number of aromatic nitrogens is 1. The zero-order valence-electron chi connectivity index (χ0n) is 16.8. The van der Waals surface area contributed by atoms with E-state index in [1.807, 2.05) is 53.7 Å². The molecule has 0 unspecified atom stereocenters. The molecular formula is C23H29N3O3. The first-order valence-corrected chi connectivity index (χ1v) is 10.4. The summed E-state index contributed by atoms with van der Waals surface area (Å²) in [6.07, 6.45) is 5.68. The largest absolute Gasteiger partial charge is 0.484 e. The van der Waals surface area contributed by atoms with Gasteiger partial charge in [-0.05, 0) is 36.6 Å². The quantitative estimate of drug-likeness (QED) is 0.779. The highest BCUT2D eigenvalue weighted by molar-refractivity contribution is 5.77. The smallest absolute Gasteiger partial charge is 0.260 e. The van der Waals surface area contributed by atoms with Crippen molar-refractivity contribution in [1.29, 1.82) is 0 Å². The Morgan fingerprint density at radius 3 is 2.69 bits per heavy atom. The molecule has 6 nitrogen and oxygen atoms in total. The third-order valence-electron chi connectivity index (χ3n) is 5.93. The number of pyridine rings is 1. The molecule has 4 rings (SSSR count). The van der Waals surface area contributed by atoms with E-state index in [-0.39, 0.29) is 17.9 Å². The standard InChI is InChI=1S/C23H29N3O3/c27-22(17-29-21-6-2-1-3-7-21)26-11-8-23(9-12-26)18-25(13-14-28-19-23)16-20-5-4-10-24-15-20/h1-7,10,15H,8-9,11-14,16-19H2. The molecule has 0 N–H and O–H groups in total.